The molecule has 2 saturated heterocycles. The monoisotopic (exact) mass is 382 g/mol. The number of rotatable bonds is 4. The van der Waals surface area contributed by atoms with Gasteiger partial charge in [0.25, 0.3) is 5.91 Å². The molecule has 0 unspecified atom stereocenters. The van der Waals surface area contributed by atoms with Crippen molar-refractivity contribution in [1.29, 1.82) is 0 Å². The third kappa shape index (κ3) is 3.76. The number of amides is 2. The van der Waals surface area contributed by atoms with Crippen LogP contribution in [0.15, 0.2) is 25.0 Å². The fraction of sp³-hybridized carbons (Fsp3) is 0.550. The molecule has 1 spiro atoms. The molecule has 1 N–H and O–H groups in total. The van der Waals surface area contributed by atoms with Crippen LogP contribution in [0.25, 0.3) is 0 Å². The summed E-state index contributed by atoms with van der Waals surface area (Å²) in [5, 5.41) is 0. The molecule has 2 fully saturated rings. The highest BCUT2D eigenvalue weighted by molar-refractivity contribution is 5.95. The van der Waals surface area contributed by atoms with Gasteiger partial charge in [-0.3, -0.25) is 9.59 Å². The van der Waals surface area contributed by atoms with Gasteiger partial charge in [-0.15, -0.1) is 0 Å². The summed E-state index contributed by atoms with van der Waals surface area (Å²) in [6.45, 7) is 4.67. The normalized spacial score (nSPS) is 22.7. The molecule has 148 valence electrons. The Labute approximate surface area is 164 Å². The molecule has 0 aliphatic carbocycles. The van der Waals surface area contributed by atoms with Gasteiger partial charge in [-0.25, -0.2) is 15.0 Å². The molecule has 2 aromatic heterocycles. The summed E-state index contributed by atoms with van der Waals surface area (Å²) in [6, 6.07) is 0. The number of nitrogens with one attached hydrogen (secondary N) is 1. The quantitative estimate of drug-likeness (QED) is 0.867. The van der Waals surface area contributed by atoms with Crippen LogP contribution < -0.4 is 0 Å². The molecule has 2 aliphatic heterocycles. The van der Waals surface area contributed by atoms with E-state index in [1.165, 1.54) is 6.33 Å². The van der Waals surface area contributed by atoms with Crippen molar-refractivity contribution in [3.8, 4) is 0 Å². The lowest BCUT2D eigenvalue weighted by Gasteiger charge is -2.48. The third-order valence-corrected chi connectivity index (χ3v) is 6.04. The van der Waals surface area contributed by atoms with E-state index in [-0.39, 0.29) is 17.2 Å². The van der Waals surface area contributed by atoms with Crippen LogP contribution in [0.4, 0.5) is 0 Å². The molecule has 4 rings (SSSR count). The van der Waals surface area contributed by atoms with Gasteiger partial charge in [-0.1, -0.05) is 0 Å². The van der Waals surface area contributed by atoms with E-state index in [0.717, 1.165) is 37.9 Å². The van der Waals surface area contributed by atoms with Gasteiger partial charge in [-0.05, 0) is 26.2 Å². The van der Waals surface area contributed by atoms with Crippen LogP contribution in [0, 0.1) is 12.3 Å². The summed E-state index contributed by atoms with van der Waals surface area (Å²) < 4.78 is 0. The van der Waals surface area contributed by atoms with Crippen molar-refractivity contribution in [3.63, 3.8) is 0 Å². The molecule has 8 heteroatoms. The van der Waals surface area contributed by atoms with Crippen molar-refractivity contribution in [1.82, 2.24) is 29.7 Å². The highest BCUT2D eigenvalue weighted by atomic mass is 16.2. The van der Waals surface area contributed by atoms with E-state index < -0.39 is 0 Å². The van der Waals surface area contributed by atoms with Crippen molar-refractivity contribution in [2.45, 2.75) is 39.0 Å². The Balaban J connectivity index is 1.45. The number of H-pyrrole nitrogens is 1. The zero-order valence-electron chi connectivity index (χ0n) is 16.2. The van der Waals surface area contributed by atoms with Gasteiger partial charge in [0.05, 0.1) is 17.6 Å². The number of aromatic amines is 1. The summed E-state index contributed by atoms with van der Waals surface area (Å²) in [7, 11) is 0. The Morgan fingerprint density at radius 3 is 2.93 bits per heavy atom. The largest absolute Gasteiger partial charge is 0.348 e. The number of aromatic nitrogens is 4. The first-order chi connectivity index (χ1) is 13.6. The van der Waals surface area contributed by atoms with E-state index in [9.17, 15) is 9.59 Å². The zero-order valence-corrected chi connectivity index (χ0v) is 16.2. The van der Waals surface area contributed by atoms with E-state index in [1.54, 1.807) is 18.7 Å². The SMILES string of the molecule is Cc1ncncc1C(=O)N1CCC[C@]2(CCC(=O)N(CCc3cnc[nH]3)C2)C1. The predicted molar refractivity (Wildman–Crippen MR) is 102 cm³/mol. The van der Waals surface area contributed by atoms with Gasteiger partial charge in [0.15, 0.2) is 0 Å². The van der Waals surface area contributed by atoms with Crippen LogP contribution >= 0.6 is 0 Å². The van der Waals surface area contributed by atoms with Crippen LogP contribution in [0.2, 0.25) is 0 Å². The van der Waals surface area contributed by atoms with Crippen LogP contribution in [-0.2, 0) is 11.2 Å². The van der Waals surface area contributed by atoms with Crippen molar-refractivity contribution in [3.05, 3.63) is 42.0 Å². The van der Waals surface area contributed by atoms with Crippen molar-refractivity contribution >= 4 is 11.8 Å². The number of aryl methyl sites for hydroxylation is 1. The van der Waals surface area contributed by atoms with Crippen LogP contribution in [0.1, 0.15) is 47.4 Å². The molecular weight excluding hydrogens is 356 g/mol. The van der Waals surface area contributed by atoms with Gasteiger partial charge < -0.3 is 14.8 Å². The molecular formula is C20H26N6O2. The molecule has 28 heavy (non-hydrogen) atoms. The van der Waals surface area contributed by atoms with Gasteiger partial charge in [0, 0.05) is 62.5 Å². The molecule has 4 heterocycles. The maximum Gasteiger partial charge on any atom is 0.257 e. The fourth-order valence-electron chi connectivity index (χ4n) is 4.47. The van der Waals surface area contributed by atoms with Crippen molar-refractivity contribution < 1.29 is 9.59 Å². The molecule has 0 bridgehead atoms. The first-order valence-corrected chi connectivity index (χ1v) is 9.87. The van der Waals surface area contributed by atoms with E-state index in [0.29, 0.717) is 37.3 Å². The van der Waals surface area contributed by atoms with Gasteiger partial charge in [0.1, 0.15) is 6.33 Å². The number of likely N-dealkylation sites (tertiary alicyclic amines) is 2. The summed E-state index contributed by atoms with van der Waals surface area (Å²) in [6.07, 6.45) is 10.7. The van der Waals surface area contributed by atoms with Crippen LogP contribution in [0.5, 0.6) is 0 Å². The second-order valence-electron chi connectivity index (χ2n) is 7.99. The average molecular weight is 382 g/mol. The standard InChI is InChI=1S/C20H26N6O2/c1-15-17(10-22-13-23-15)19(28)26-7-2-5-20(12-26)6-3-18(27)25(11-20)8-4-16-9-21-14-24-16/h9-10,13-14H,2-8,11-12H2,1H3,(H,21,24)/t20-/m1/s1. The minimum atomic E-state index is -0.0145. The number of carbonyl (C=O) groups excluding carboxylic acids is 2. The maximum absolute atomic E-state index is 13.0. The lowest BCUT2D eigenvalue weighted by molar-refractivity contribution is -0.138. The molecule has 0 radical (unpaired) electrons. The summed E-state index contributed by atoms with van der Waals surface area (Å²) in [5.74, 6) is 0.207. The minimum Gasteiger partial charge on any atom is -0.348 e. The smallest absolute Gasteiger partial charge is 0.257 e. The Kier molecular flexibility index (Phi) is 5.11. The molecule has 1 atom stereocenters. The lowest BCUT2D eigenvalue weighted by Crippen LogP contribution is -2.55. The van der Waals surface area contributed by atoms with Gasteiger partial charge in [-0.2, -0.15) is 0 Å². The molecule has 2 aromatic rings. The lowest BCUT2D eigenvalue weighted by atomic mass is 9.73. The van der Waals surface area contributed by atoms with Gasteiger partial charge in [0.2, 0.25) is 5.91 Å². The third-order valence-electron chi connectivity index (χ3n) is 6.04. The summed E-state index contributed by atoms with van der Waals surface area (Å²) in [4.78, 5) is 44.7. The molecule has 0 aromatic carbocycles. The van der Waals surface area contributed by atoms with E-state index in [4.69, 9.17) is 0 Å². The Bertz CT molecular complexity index is 852. The number of piperidine rings is 2. The molecule has 2 aliphatic rings. The van der Waals surface area contributed by atoms with E-state index in [1.807, 2.05) is 16.7 Å². The predicted octanol–water partition coefficient (Wildman–Crippen LogP) is 1.60. The first-order valence-electron chi connectivity index (χ1n) is 9.87. The highest BCUT2D eigenvalue weighted by Crippen LogP contribution is 2.39. The zero-order chi connectivity index (χ0) is 19.6. The van der Waals surface area contributed by atoms with Crippen molar-refractivity contribution in [2.24, 2.45) is 5.41 Å². The maximum atomic E-state index is 13.0. The number of hydrogen-bond acceptors (Lipinski definition) is 5. The molecule has 0 saturated carbocycles. The van der Waals surface area contributed by atoms with Crippen LogP contribution in [-0.4, -0.2) is 67.7 Å². The highest BCUT2D eigenvalue weighted by Gasteiger charge is 2.42. The average Bonchev–Trinajstić information content (AvgIpc) is 3.23. The minimum absolute atomic E-state index is 0.00177. The first kappa shape index (κ1) is 18.6. The topological polar surface area (TPSA) is 95.1 Å². The van der Waals surface area contributed by atoms with E-state index in [2.05, 4.69) is 19.9 Å². The van der Waals surface area contributed by atoms with E-state index >= 15 is 0 Å². The Hall–Kier alpha value is -2.77. The van der Waals surface area contributed by atoms with Crippen molar-refractivity contribution in [2.75, 3.05) is 26.2 Å². The molecule has 2 amide bonds. The second-order valence-corrected chi connectivity index (χ2v) is 7.99. The Morgan fingerprint density at radius 2 is 2.14 bits per heavy atom. The number of carbonyl (C=O) groups is 2. The Morgan fingerprint density at radius 1 is 1.25 bits per heavy atom. The summed E-state index contributed by atoms with van der Waals surface area (Å²) in [5.41, 5.74) is 2.30. The second kappa shape index (κ2) is 7.69. The molecule has 8 nitrogen and oxygen atoms in total. The number of nitrogens with zero attached hydrogens (tertiary/aromatic N) is 5. The van der Waals surface area contributed by atoms with Crippen LogP contribution in [0.3, 0.4) is 0 Å². The fourth-order valence-corrected chi connectivity index (χ4v) is 4.47. The number of imidazole rings is 1. The summed E-state index contributed by atoms with van der Waals surface area (Å²) >= 11 is 0. The number of hydrogen-bond donors (Lipinski definition) is 1. The van der Waals surface area contributed by atoms with Gasteiger partial charge >= 0.3 is 0 Å².